The van der Waals surface area contributed by atoms with Gasteiger partial charge in [0.05, 0.1) is 25.0 Å². The third kappa shape index (κ3) is 6.67. The Kier molecular flexibility index (Phi) is 7.53. The maximum Gasteiger partial charge on any atom is 0.320 e. The Morgan fingerprint density at radius 3 is 2.25 bits per heavy atom. The van der Waals surface area contributed by atoms with E-state index in [1.54, 1.807) is 0 Å². The highest BCUT2D eigenvalue weighted by atomic mass is 32.2. The summed E-state index contributed by atoms with van der Waals surface area (Å²) < 4.78 is 36.1. The molecule has 150 valence electrons. The van der Waals surface area contributed by atoms with E-state index >= 15 is 0 Å². The molecule has 0 radical (unpaired) electrons. The highest BCUT2D eigenvalue weighted by Gasteiger charge is 2.15. The Morgan fingerprint density at radius 1 is 1.00 bits per heavy atom. The molecule has 0 atom stereocenters. The van der Waals surface area contributed by atoms with E-state index in [0.717, 1.165) is 5.56 Å². The SMILES string of the molecule is COC(=O)CNS(=O)(=O)c1ccc(NC(=O)CCOc2ccc(C)cc2)cc1. The average molecular weight is 406 g/mol. The topological polar surface area (TPSA) is 111 Å². The van der Waals surface area contributed by atoms with Crippen molar-refractivity contribution >= 4 is 27.6 Å². The first-order chi connectivity index (χ1) is 13.3. The van der Waals surface area contributed by atoms with E-state index < -0.39 is 22.5 Å². The van der Waals surface area contributed by atoms with Gasteiger partial charge in [-0.1, -0.05) is 17.7 Å². The summed E-state index contributed by atoms with van der Waals surface area (Å²) in [5.74, 6) is -0.265. The van der Waals surface area contributed by atoms with Gasteiger partial charge in [0.15, 0.2) is 0 Å². The fraction of sp³-hybridized carbons (Fsp3) is 0.263. The zero-order valence-corrected chi connectivity index (χ0v) is 16.4. The molecule has 0 unspecified atom stereocenters. The van der Waals surface area contributed by atoms with E-state index in [2.05, 4.69) is 14.8 Å². The van der Waals surface area contributed by atoms with Gasteiger partial charge in [-0.2, -0.15) is 4.72 Å². The summed E-state index contributed by atoms with van der Waals surface area (Å²) in [7, 11) is -2.68. The fourth-order valence-corrected chi connectivity index (χ4v) is 3.12. The highest BCUT2D eigenvalue weighted by molar-refractivity contribution is 7.89. The van der Waals surface area contributed by atoms with Crippen molar-refractivity contribution in [3.8, 4) is 5.75 Å². The van der Waals surface area contributed by atoms with Crippen molar-refractivity contribution in [2.75, 3.05) is 25.6 Å². The zero-order valence-electron chi connectivity index (χ0n) is 15.6. The Labute approximate surface area is 163 Å². The van der Waals surface area contributed by atoms with E-state index in [4.69, 9.17) is 4.74 Å². The predicted octanol–water partition coefficient (Wildman–Crippen LogP) is 1.85. The fourth-order valence-electron chi connectivity index (χ4n) is 2.15. The molecule has 0 bridgehead atoms. The number of carbonyl (C=O) groups excluding carboxylic acids is 2. The molecule has 2 aromatic rings. The quantitative estimate of drug-likeness (QED) is 0.615. The number of anilines is 1. The van der Waals surface area contributed by atoms with Crippen LogP contribution in [0.4, 0.5) is 5.69 Å². The van der Waals surface area contributed by atoms with Gasteiger partial charge in [0.2, 0.25) is 15.9 Å². The Bertz CT molecular complexity index is 908. The number of amides is 1. The third-order valence-corrected chi connectivity index (χ3v) is 5.12. The van der Waals surface area contributed by atoms with Crippen LogP contribution >= 0.6 is 0 Å². The molecule has 0 aromatic heterocycles. The minimum Gasteiger partial charge on any atom is -0.493 e. The number of rotatable bonds is 9. The van der Waals surface area contributed by atoms with Crippen molar-refractivity contribution in [3.63, 3.8) is 0 Å². The van der Waals surface area contributed by atoms with Crippen molar-refractivity contribution in [3.05, 3.63) is 54.1 Å². The van der Waals surface area contributed by atoms with Crippen molar-refractivity contribution in [1.82, 2.24) is 4.72 Å². The monoisotopic (exact) mass is 406 g/mol. The van der Waals surface area contributed by atoms with Crippen LogP contribution in [0.5, 0.6) is 5.75 Å². The minimum atomic E-state index is -3.84. The van der Waals surface area contributed by atoms with Gasteiger partial charge in [0.25, 0.3) is 0 Å². The molecule has 0 fully saturated rings. The van der Waals surface area contributed by atoms with Crippen molar-refractivity contribution in [2.45, 2.75) is 18.2 Å². The summed E-state index contributed by atoms with van der Waals surface area (Å²) in [6.07, 6.45) is 0.147. The lowest BCUT2D eigenvalue weighted by atomic mass is 10.2. The van der Waals surface area contributed by atoms with Crippen LogP contribution in [0.2, 0.25) is 0 Å². The molecule has 0 saturated carbocycles. The average Bonchev–Trinajstić information content (AvgIpc) is 2.68. The summed E-state index contributed by atoms with van der Waals surface area (Å²) in [6, 6.07) is 13.1. The van der Waals surface area contributed by atoms with Crippen LogP contribution < -0.4 is 14.8 Å². The molecule has 0 heterocycles. The largest absolute Gasteiger partial charge is 0.493 e. The molecule has 2 aromatic carbocycles. The van der Waals surface area contributed by atoms with Gasteiger partial charge in [0, 0.05) is 5.69 Å². The number of carbonyl (C=O) groups is 2. The van der Waals surface area contributed by atoms with Crippen LogP contribution in [0.1, 0.15) is 12.0 Å². The second-order valence-corrected chi connectivity index (χ2v) is 7.65. The predicted molar refractivity (Wildman–Crippen MR) is 104 cm³/mol. The van der Waals surface area contributed by atoms with Gasteiger partial charge in [-0.05, 0) is 43.3 Å². The van der Waals surface area contributed by atoms with Gasteiger partial charge >= 0.3 is 5.97 Å². The number of hydrogen-bond donors (Lipinski definition) is 2. The number of esters is 1. The minimum absolute atomic E-state index is 0.0305. The lowest BCUT2D eigenvalue weighted by molar-refractivity contribution is -0.139. The normalized spacial score (nSPS) is 10.9. The number of hydrogen-bond acceptors (Lipinski definition) is 6. The first-order valence-corrected chi connectivity index (χ1v) is 9.94. The van der Waals surface area contributed by atoms with Gasteiger partial charge in [0.1, 0.15) is 12.3 Å². The molecule has 0 aliphatic rings. The lowest BCUT2D eigenvalue weighted by Crippen LogP contribution is -2.30. The van der Waals surface area contributed by atoms with Crippen molar-refractivity contribution in [1.29, 1.82) is 0 Å². The van der Waals surface area contributed by atoms with Crippen LogP contribution in [-0.4, -0.2) is 40.6 Å². The number of benzene rings is 2. The summed E-state index contributed by atoms with van der Waals surface area (Å²) in [5, 5.41) is 2.67. The molecule has 0 saturated heterocycles. The molecule has 28 heavy (non-hydrogen) atoms. The molecule has 2 N–H and O–H groups in total. The molecule has 0 aliphatic heterocycles. The van der Waals surface area contributed by atoms with Gasteiger partial charge in [-0.25, -0.2) is 8.42 Å². The third-order valence-electron chi connectivity index (χ3n) is 3.70. The number of sulfonamides is 1. The number of aryl methyl sites for hydroxylation is 1. The van der Waals surface area contributed by atoms with E-state index in [1.807, 2.05) is 31.2 Å². The summed E-state index contributed by atoms with van der Waals surface area (Å²) >= 11 is 0. The van der Waals surface area contributed by atoms with Gasteiger partial charge in [-0.3, -0.25) is 9.59 Å². The zero-order chi connectivity index (χ0) is 20.6. The van der Waals surface area contributed by atoms with Crippen LogP contribution in [-0.2, 0) is 24.3 Å². The van der Waals surface area contributed by atoms with Crippen LogP contribution in [0, 0.1) is 6.92 Å². The maximum absolute atomic E-state index is 12.1. The van der Waals surface area contributed by atoms with E-state index in [0.29, 0.717) is 11.4 Å². The Morgan fingerprint density at radius 2 is 1.64 bits per heavy atom. The maximum atomic E-state index is 12.1. The first-order valence-electron chi connectivity index (χ1n) is 8.46. The van der Waals surface area contributed by atoms with Crippen LogP contribution in [0.3, 0.4) is 0 Å². The van der Waals surface area contributed by atoms with Gasteiger partial charge in [-0.15, -0.1) is 0 Å². The van der Waals surface area contributed by atoms with Gasteiger partial charge < -0.3 is 14.8 Å². The molecule has 0 aliphatic carbocycles. The highest BCUT2D eigenvalue weighted by Crippen LogP contribution is 2.15. The lowest BCUT2D eigenvalue weighted by Gasteiger charge is -2.09. The summed E-state index contributed by atoms with van der Waals surface area (Å²) in [6.45, 7) is 1.74. The van der Waals surface area contributed by atoms with E-state index in [9.17, 15) is 18.0 Å². The number of ether oxygens (including phenoxy) is 2. The molecular weight excluding hydrogens is 384 g/mol. The second-order valence-electron chi connectivity index (χ2n) is 5.88. The van der Waals surface area contributed by atoms with Crippen molar-refractivity contribution < 1.29 is 27.5 Å². The molecule has 2 rings (SSSR count). The summed E-state index contributed by atoms with van der Waals surface area (Å²) in [5.41, 5.74) is 1.57. The van der Waals surface area contributed by atoms with Crippen LogP contribution in [0.25, 0.3) is 0 Å². The number of nitrogens with one attached hydrogen (secondary N) is 2. The molecule has 0 spiro atoms. The first kappa shape index (κ1) is 21.4. The standard InChI is InChI=1S/C19H22N2O6S/c1-14-3-7-16(8-4-14)27-12-11-18(22)21-15-5-9-17(10-6-15)28(24,25)20-13-19(23)26-2/h3-10,20H,11-13H2,1-2H3,(H,21,22). The van der Waals surface area contributed by atoms with E-state index in [1.165, 1.54) is 31.4 Å². The Hall–Kier alpha value is -2.91. The summed E-state index contributed by atoms with van der Waals surface area (Å²) in [4.78, 5) is 23.0. The smallest absolute Gasteiger partial charge is 0.320 e. The number of methoxy groups -OCH3 is 1. The Balaban J connectivity index is 1.83. The second kappa shape index (κ2) is 9.86. The van der Waals surface area contributed by atoms with E-state index in [-0.39, 0.29) is 23.8 Å². The molecule has 8 nitrogen and oxygen atoms in total. The molecule has 1 amide bonds. The van der Waals surface area contributed by atoms with Crippen LogP contribution in [0.15, 0.2) is 53.4 Å². The molecular formula is C19H22N2O6S. The van der Waals surface area contributed by atoms with Crippen molar-refractivity contribution in [2.24, 2.45) is 0 Å². The molecule has 9 heteroatoms.